The molecule has 1 rings (SSSR count). The number of carbonyl (C=O) groups is 1. The Morgan fingerprint density at radius 3 is 2.10 bits per heavy atom. The fourth-order valence-electron chi connectivity index (χ4n) is 1.70. The van der Waals surface area contributed by atoms with Gasteiger partial charge in [0.2, 0.25) is 5.88 Å². The number of aldehydes is 1. The van der Waals surface area contributed by atoms with Crippen molar-refractivity contribution in [3.05, 3.63) is 23.4 Å². The van der Waals surface area contributed by atoms with Crippen molar-refractivity contribution in [2.75, 3.05) is 27.2 Å². The van der Waals surface area contributed by atoms with Crippen molar-refractivity contribution in [3.63, 3.8) is 0 Å². The Morgan fingerprint density at radius 2 is 1.71 bits per heavy atom. The molecule has 0 amide bonds. The number of nitrogens with zero attached hydrogens (tertiary/aromatic N) is 2. The summed E-state index contributed by atoms with van der Waals surface area (Å²) in [7, 11) is 3.70. The molecule has 1 aromatic rings. The van der Waals surface area contributed by atoms with Crippen LogP contribution in [0.5, 0.6) is 5.88 Å². The van der Waals surface area contributed by atoms with Crippen LogP contribution in [0.1, 0.15) is 56.6 Å². The van der Waals surface area contributed by atoms with Gasteiger partial charge in [0.05, 0.1) is 7.11 Å². The van der Waals surface area contributed by atoms with Crippen LogP contribution in [0.15, 0.2) is 12.1 Å². The average Bonchev–Trinajstić information content (AvgIpc) is 2.49. The van der Waals surface area contributed by atoms with E-state index in [1.54, 1.807) is 12.1 Å². The van der Waals surface area contributed by atoms with Gasteiger partial charge in [0.1, 0.15) is 5.69 Å². The highest BCUT2D eigenvalue weighted by Crippen LogP contribution is 2.09. The van der Waals surface area contributed by atoms with E-state index in [2.05, 4.69) is 30.8 Å². The molecular formula is C17H32N2O2. The summed E-state index contributed by atoms with van der Waals surface area (Å²) in [6.45, 7) is 12.8. The molecule has 0 atom stereocenters. The first-order valence-electron chi connectivity index (χ1n) is 7.73. The minimum Gasteiger partial charge on any atom is -0.481 e. The maximum Gasteiger partial charge on any atom is 0.213 e. The Kier molecular flexibility index (Phi) is 15.6. The summed E-state index contributed by atoms with van der Waals surface area (Å²) >= 11 is 0. The first-order valence-corrected chi connectivity index (χ1v) is 7.73. The number of pyridine rings is 1. The molecule has 0 aliphatic carbocycles. The standard InChI is InChI=1S/C8H9NO2.C7H17N.C2H6/c1-6-3-7(5-10)9-8(4-6)11-2;1-4-6-8(3)7-5-2;1-2/h3-5H,1-2H3;4-7H2,1-3H3;1-2H3. The zero-order valence-electron chi connectivity index (χ0n) is 14.8. The molecule has 0 aliphatic rings. The van der Waals surface area contributed by atoms with Crippen LogP contribution in [0.2, 0.25) is 0 Å². The van der Waals surface area contributed by atoms with Crippen LogP contribution in [0.4, 0.5) is 0 Å². The van der Waals surface area contributed by atoms with Gasteiger partial charge in [-0.3, -0.25) is 4.79 Å². The van der Waals surface area contributed by atoms with E-state index in [1.807, 2.05) is 20.8 Å². The van der Waals surface area contributed by atoms with Gasteiger partial charge in [0, 0.05) is 6.07 Å². The summed E-state index contributed by atoms with van der Waals surface area (Å²) in [6.07, 6.45) is 3.25. The molecule has 0 aliphatic heterocycles. The van der Waals surface area contributed by atoms with Crippen molar-refractivity contribution < 1.29 is 9.53 Å². The van der Waals surface area contributed by atoms with Gasteiger partial charge < -0.3 is 9.64 Å². The van der Waals surface area contributed by atoms with Crippen molar-refractivity contribution in [1.29, 1.82) is 0 Å². The average molecular weight is 296 g/mol. The highest BCUT2D eigenvalue weighted by Gasteiger charge is 1.97. The predicted octanol–water partition coefficient (Wildman–Crippen LogP) is 3.98. The first kappa shape index (κ1) is 21.9. The van der Waals surface area contributed by atoms with Gasteiger partial charge in [0.25, 0.3) is 0 Å². The van der Waals surface area contributed by atoms with Gasteiger partial charge in [-0.15, -0.1) is 0 Å². The third-order valence-corrected chi connectivity index (χ3v) is 2.51. The normalized spacial score (nSPS) is 9.14. The quantitative estimate of drug-likeness (QED) is 0.745. The zero-order chi connectivity index (χ0) is 16.7. The largest absolute Gasteiger partial charge is 0.481 e. The molecule has 0 saturated heterocycles. The van der Waals surface area contributed by atoms with Gasteiger partial charge in [0.15, 0.2) is 6.29 Å². The summed E-state index contributed by atoms with van der Waals surface area (Å²) < 4.78 is 4.87. The summed E-state index contributed by atoms with van der Waals surface area (Å²) in [5.41, 5.74) is 1.38. The van der Waals surface area contributed by atoms with E-state index in [0.29, 0.717) is 17.9 Å². The lowest BCUT2D eigenvalue weighted by Gasteiger charge is -2.12. The molecule has 0 radical (unpaired) electrons. The third-order valence-electron chi connectivity index (χ3n) is 2.51. The van der Waals surface area contributed by atoms with E-state index in [1.165, 1.54) is 33.0 Å². The number of ether oxygens (including phenoxy) is 1. The van der Waals surface area contributed by atoms with E-state index in [4.69, 9.17) is 4.74 Å². The molecule has 0 aromatic carbocycles. The van der Waals surface area contributed by atoms with Crippen LogP contribution < -0.4 is 4.74 Å². The first-order chi connectivity index (χ1) is 10.1. The van der Waals surface area contributed by atoms with Gasteiger partial charge in [-0.2, -0.15) is 0 Å². The monoisotopic (exact) mass is 296 g/mol. The Bertz CT molecular complexity index is 362. The number of methoxy groups -OCH3 is 1. The van der Waals surface area contributed by atoms with Crippen molar-refractivity contribution in [1.82, 2.24) is 9.88 Å². The SMILES string of the molecule is CC.CCCN(C)CCC.COc1cc(C)cc(C=O)n1. The molecule has 0 bridgehead atoms. The Balaban J connectivity index is 0. The number of aryl methyl sites for hydroxylation is 1. The Hall–Kier alpha value is -1.42. The highest BCUT2D eigenvalue weighted by molar-refractivity contribution is 5.72. The summed E-state index contributed by atoms with van der Waals surface area (Å²) in [5, 5.41) is 0. The van der Waals surface area contributed by atoms with Gasteiger partial charge in [-0.1, -0.05) is 27.7 Å². The second kappa shape index (κ2) is 15.0. The molecular weight excluding hydrogens is 264 g/mol. The number of carbonyl (C=O) groups excluding carboxylic acids is 1. The van der Waals surface area contributed by atoms with Crippen LogP contribution in [-0.4, -0.2) is 43.4 Å². The van der Waals surface area contributed by atoms with Crippen LogP contribution >= 0.6 is 0 Å². The minimum atomic E-state index is 0.404. The van der Waals surface area contributed by atoms with Crippen LogP contribution in [-0.2, 0) is 0 Å². The van der Waals surface area contributed by atoms with E-state index >= 15 is 0 Å². The fourth-order valence-corrected chi connectivity index (χ4v) is 1.70. The van der Waals surface area contributed by atoms with E-state index in [-0.39, 0.29) is 0 Å². The summed E-state index contributed by atoms with van der Waals surface area (Å²) in [6, 6.07) is 3.47. The molecule has 0 fully saturated rings. The van der Waals surface area contributed by atoms with Crippen molar-refractivity contribution >= 4 is 6.29 Å². The summed E-state index contributed by atoms with van der Waals surface area (Å²) in [4.78, 5) is 16.6. The molecule has 1 heterocycles. The number of rotatable bonds is 6. The third kappa shape index (κ3) is 12.1. The molecule has 4 heteroatoms. The molecule has 4 nitrogen and oxygen atoms in total. The van der Waals surface area contributed by atoms with Gasteiger partial charge >= 0.3 is 0 Å². The maximum atomic E-state index is 10.3. The topological polar surface area (TPSA) is 42.4 Å². The zero-order valence-corrected chi connectivity index (χ0v) is 14.8. The smallest absolute Gasteiger partial charge is 0.213 e. The molecule has 0 saturated carbocycles. The summed E-state index contributed by atoms with van der Waals surface area (Å²) in [5.74, 6) is 0.479. The predicted molar refractivity (Wildman–Crippen MR) is 90.3 cm³/mol. The molecule has 0 spiro atoms. The minimum absolute atomic E-state index is 0.404. The highest BCUT2D eigenvalue weighted by atomic mass is 16.5. The molecule has 1 aromatic heterocycles. The van der Waals surface area contributed by atoms with Crippen molar-refractivity contribution in [2.24, 2.45) is 0 Å². The second-order valence-electron chi connectivity index (χ2n) is 4.53. The van der Waals surface area contributed by atoms with Crippen molar-refractivity contribution in [2.45, 2.75) is 47.5 Å². The lowest BCUT2D eigenvalue weighted by Crippen LogP contribution is -2.19. The Labute approximate surface area is 130 Å². The van der Waals surface area contributed by atoms with Gasteiger partial charge in [-0.05, 0) is 51.5 Å². The maximum absolute atomic E-state index is 10.3. The molecule has 21 heavy (non-hydrogen) atoms. The van der Waals surface area contributed by atoms with E-state index < -0.39 is 0 Å². The lowest BCUT2D eigenvalue weighted by atomic mass is 10.2. The van der Waals surface area contributed by atoms with E-state index in [9.17, 15) is 4.79 Å². The fraction of sp³-hybridized carbons (Fsp3) is 0.647. The molecule has 0 unspecified atom stereocenters. The van der Waals surface area contributed by atoms with Gasteiger partial charge in [-0.25, -0.2) is 4.98 Å². The number of hydrogen-bond acceptors (Lipinski definition) is 4. The second-order valence-corrected chi connectivity index (χ2v) is 4.53. The van der Waals surface area contributed by atoms with Crippen molar-refractivity contribution in [3.8, 4) is 5.88 Å². The van der Waals surface area contributed by atoms with Crippen LogP contribution in [0, 0.1) is 6.92 Å². The number of aromatic nitrogens is 1. The Morgan fingerprint density at radius 1 is 1.19 bits per heavy atom. The van der Waals surface area contributed by atoms with Crippen LogP contribution in [0.3, 0.4) is 0 Å². The number of hydrogen-bond donors (Lipinski definition) is 0. The van der Waals surface area contributed by atoms with E-state index in [0.717, 1.165) is 5.56 Å². The molecule has 122 valence electrons. The lowest BCUT2D eigenvalue weighted by molar-refractivity contribution is 0.111. The molecule has 0 N–H and O–H groups in total. The van der Waals surface area contributed by atoms with Crippen LogP contribution in [0.25, 0.3) is 0 Å².